The quantitative estimate of drug-likeness (QED) is 0.839. The molecule has 4 nitrogen and oxygen atoms in total. The third kappa shape index (κ3) is 3.62. The Balaban J connectivity index is 2.25. The second-order valence-electron chi connectivity index (χ2n) is 5.59. The summed E-state index contributed by atoms with van der Waals surface area (Å²) in [6.07, 6.45) is 6.81. The maximum atomic E-state index is 5.66. The monoisotopic (exact) mass is 278 g/mol. The third-order valence-electron chi connectivity index (χ3n) is 3.48. The molecule has 1 aromatic rings. The van der Waals surface area contributed by atoms with Gasteiger partial charge in [-0.2, -0.15) is 0 Å². The van der Waals surface area contributed by atoms with Crippen molar-refractivity contribution >= 4 is 23.2 Å². The molecule has 0 amide bonds. The number of rotatable bonds is 5. The topological polar surface area (TPSA) is 55.0 Å². The summed E-state index contributed by atoms with van der Waals surface area (Å²) in [7, 11) is 0. The lowest BCUT2D eigenvalue weighted by Crippen LogP contribution is -2.38. The molecule has 1 fully saturated rings. The molecule has 0 saturated heterocycles. The molecule has 0 aromatic carbocycles. The van der Waals surface area contributed by atoms with E-state index in [-0.39, 0.29) is 0 Å². The Labute approximate surface area is 120 Å². The Bertz CT molecular complexity index is 441. The van der Waals surface area contributed by atoms with Crippen LogP contribution in [0.25, 0.3) is 0 Å². The molecule has 5 heteroatoms. The summed E-state index contributed by atoms with van der Waals surface area (Å²) in [5.41, 5.74) is 6.32. The Morgan fingerprint density at radius 3 is 2.74 bits per heavy atom. The molecule has 0 bridgehead atoms. The average molecular weight is 278 g/mol. The van der Waals surface area contributed by atoms with E-state index < -0.39 is 0 Å². The zero-order valence-electron chi connectivity index (χ0n) is 11.7. The number of thiocarbonyl (C=S) groups is 1. The molecule has 104 valence electrons. The van der Waals surface area contributed by atoms with Gasteiger partial charge in [-0.25, -0.2) is 9.97 Å². The number of hydrogen-bond donors (Lipinski definition) is 1. The first kappa shape index (κ1) is 14.2. The van der Waals surface area contributed by atoms with Crippen LogP contribution in [-0.4, -0.2) is 27.5 Å². The zero-order chi connectivity index (χ0) is 13.8. The Kier molecular flexibility index (Phi) is 4.69. The van der Waals surface area contributed by atoms with Crippen molar-refractivity contribution in [3.63, 3.8) is 0 Å². The molecular formula is C14H22N4S. The first-order valence-corrected chi connectivity index (χ1v) is 7.38. The molecule has 1 saturated carbocycles. The highest BCUT2D eigenvalue weighted by Gasteiger charge is 2.25. The van der Waals surface area contributed by atoms with Gasteiger partial charge in [-0.1, -0.05) is 38.9 Å². The van der Waals surface area contributed by atoms with Crippen molar-refractivity contribution in [2.45, 2.75) is 45.6 Å². The summed E-state index contributed by atoms with van der Waals surface area (Å²) in [5, 5.41) is 0. The normalized spacial score (nSPS) is 15.9. The van der Waals surface area contributed by atoms with Crippen LogP contribution < -0.4 is 10.6 Å². The van der Waals surface area contributed by atoms with E-state index in [4.69, 9.17) is 18.0 Å². The Hall–Kier alpha value is -1.23. The summed E-state index contributed by atoms with van der Waals surface area (Å²) in [6.45, 7) is 5.42. The van der Waals surface area contributed by atoms with Crippen LogP contribution >= 0.6 is 12.2 Å². The molecule has 1 aromatic heterocycles. The Morgan fingerprint density at radius 2 is 2.16 bits per heavy atom. The van der Waals surface area contributed by atoms with E-state index in [9.17, 15) is 0 Å². The maximum absolute atomic E-state index is 5.66. The largest absolute Gasteiger partial charge is 0.388 e. The zero-order valence-corrected chi connectivity index (χ0v) is 12.5. The van der Waals surface area contributed by atoms with Crippen LogP contribution in [0.1, 0.15) is 45.2 Å². The van der Waals surface area contributed by atoms with E-state index in [1.165, 1.54) is 25.7 Å². The first-order valence-electron chi connectivity index (χ1n) is 6.97. The van der Waals surface area contributed by atoms with E-state index >= 15 is 0 Å². The lowest BCUT2D eigenvalue weighted by Gasteiger charge is -2.30. The fourth-order valence-corrected chi connectivity index (χ4v) is 2.74. The van der Waals surface area contributed by atoms with Gasteiger partial charge < -0.3 is 10.6 Å². The molecule has 0 radical (unpaired) electrons. The van der Waals surface area contributed by atoms with Gasteiger partial charge in [0, 0.05) is 18.8 Å². The SMILES string of the molecule is CC(C)CN(c1nccc(C(N)=S)n1)C1CCCC1. The van der Waals surface area contributed by atoms with Gasteiger partial charge in [-0.15, -0.1) is 0 Å². The average Bonchev–Trinajstić information content (AvgIpc) is 2.89. The molecule has 2 N–H and O–H groups in total. The molecule has 0 unspecified atom stereocenters. The molecule has 19 heavy (non-hydrogen) atoms. The van der Waals surface area contributed by atoms with Gasteiger partial charge in [0.05, 0.1) is 0 Å². The predicted molar refractivity (Wildman–Crippen MR) is 82.4 cm³/mol. The summed E-state index contributed by atoms with van der Waals surface area (Å²) in [5.74, 6) is 1.35. The fourth-order valence-electron chi connectivity index (χ4n) is 2.63. The number of nitrogens with zero attached hydrogens (tertiary/aromatic N) is 3. The lowest BCUT2D eigenvalue weighted by molar-refractivity contribution is 0.525. The summed E-state index contributed by atoms with van der Waals surface area (Å²) < 4.78 is 0. The van der Waals surface area contributed by atoms with E-state index in [0.717, 1.165) is 12.5 Å². The van der Waals surface area contributed by atoms with Crippen LogP contribution in [0.15, 0.2) is 12.3 Å². The van der Waals surface area contributed by atoms with Gasteiger partial charge in [0.1, 0.15) is 10.7 Å². The van der Waals surface area contributed by atoms with E-state index in [1.54, 1.807) is 12.3 Å². The third-order valence-corrected chi connectivity index (χ3v) is 3.69. The molecular weight excluding hydrogens is 256 g/mol. The van der Waals surface area contributed by atoms with E-state index in [2.05, 4.69) is 28.7 Å². The van der Waals surface area contributed by atoms with Crippen LogP contribution in [0.4, 0.5) is 5.95 Å². The minimum atomic E-state index is 0.333. The minimum absolute atomic E-state index is 0.333. The number of anilines is 1. The second-order valence-corrected chi connectivity index (χ2v) is 6.03. The Morgan fingerprint density at radius 1 is 1.47 bits per heavy atom. The fraction of sp³-hybridized carbons (Fsp3) is 0.643. The van der Waals surface area contributed by atoms with Crippen LogP contribution in [0, 0.1) is 5.92 Å². The molecule has 1 aliphatic carbocycles. The standard InChI is InChI=1S/C14H22N4S/c1-10(2)9-18(11-5-3-4-6-11)14-16-8-7-12(17-14)13(15)19/h7-8,10-11H,3-6,9H2,1-2H3,(H2,15,19). The molecule has 0 spiro atoms. The highest BCUT2D eigenvalue weighted by atomic mass is 32.1. The van der Waals surface area contributed by atoms with Crippen molar-refractivity contribution in [3.05, 3.63) is 18.0 Å². The maximum Gasteiger partial charge on any atom is 0.226 e. The van der Waals surface area contributed by atoms with Crippen molar-refractivity contribution < 1.29 is 0 Å². The summed E-state index contributed by atoms with van der Waals surface area (Å²) in [6, 6.07) is 2.33. The first-order chi connectivity index (χ1) is 9.08. The molecule has 1 aliphatic rings. The van der Waals surface area contributed by atoms with E-state index in [0.29, 0.717) is 22.6 Å². The van der Waals surface area contributed by atoms with Crippen molar-refractivity contribution in [1.82, 2.24) is 9.97 Å². The highest BCUT2D eigenvalue weighted by Crippen LogP contribution is 2.27. The lowest BCUT2D eigenvalue weighted by atomic mass is 10.1. The summed E-state index contributed by atoms with van der Waals surface area (Å²) >= 11 is 5.00. The molecule has 2 rings (SSSR count). The number of hydrogen-bond acceptors (Lipinski definition) is 4. The number of nitrogens with two attached hydrogens (primary N) is 1. The summed E-state index contributed by atoms with van der Waals surface area (Å²) in [4.78, 5) is 11.6. The van der Waals surface area contributed by atoms with E-state index in [1.807, 2.05) is 0 Å². The highest BCUT2D eigenvalue weighted by molar-refractivity contribution is 7.80. The van der Waals surface area contributed by atoms with Crippen molar-refractivity contribution in [2.24, 2.45) is 11.7 Å². The smallest absolute Gasteiger partial charge is 0.226 e. The van der Waals surface area contributed by atoms with Gasteiger partial charge in [0.2, 0.25) is 5.95 Å². The van der Waals surface area contributed by atoms with Gasteiger partial charge in [0.15, 0.2) is 0 Å². The predicted octanol–water partition coefficient (Wildman–Crippen LogP) is 2.52. The molecule has 0 aliphatic heterocycles. The van der Waals surface area contributed by atoms with Crippen molar-refractivity contribution in [3.8, 4) is 0 Å². The van der Waals surface area contributed by atoms with Crippen molar-refractivity contribution in [1.29, 1.82) is 0 Å². The van der Waals surface area contributed by atoms with Crippen LogP contribution in [-0.2, 0) is 0 Å². The van der Waals surface area contributed by atoms with Crippen molar-refractivity contribution in [2.75, 3.05) is 11.4 Å². The van der Waals surface area contributed by atoms with Gasteiger partial charge >= 0.3 is 0 Å². The van der Waals surface area contributed by atoms with Crippen LogP contribution in [0.3, 0.4) is 0 Å². The molecule has 1 heterocycles. The van der Waals surface area contributed by atoms with Gasteiger partial charge in [-0.05, 0) is 24.8 Å². The van der Waals surface area contributed by atoms with Gasteiger partial charge in [0.25, 0.3) is 0 Å². The molecule has 0 atom stereocenters. The number of aromatic nitrogens is 2. The van der Waals surface area contributed by atoms with Gasteiger partial charge in [-0.3, -0.25) is 0 Å². The minimum Gasteiger partial charge on any atom is -0.388 e. The van der Waals surface area contributed by atoms with Crippen LogP contribution in [0.5, 0.6) is 0 Å². The van der Waals surface area contributed by atoms with Crippen LogP contribution in [0.2, 0.25) is 0 Å². The second kappa shape index (κ2) is 6.28.